The average Bonchev–Trinajstić information content (AvgIpc) is 2.91. The number of amides is 1. The van der Waals surface area contributed by atoms with Crippen molar-refractivity contribution in [3.8, 4) is 0 Å². The Labute approximate surface area is 136 Å². The number of alkyl carbamates (subject to hydrolysis) is 1. The molecule has 1 heterocycles. The zero-order valence-electron chi connectivity index (χ0n) is 11.5. The number of thiophene rings is 1. The van der Waals surface area contributed by atoms with Gasteiger partial charge < -0.3 is 15.2 Å². The van der Waals surface area contributed by atoms with Crippen LogP contribution in [0.15, 0.2) is 41.8 Å². The number of hydrogen-bond acceptors (Lipinski definition) is 4. The number of nitrogens with one attached hydrogen (secondary N) is 1. The molecular formula is C15H14ClNO4S. The first-order valence-electron chi connectivity index (χ1n) is 6.48. The lowest BCUT2D eigenvalue weighted by Gasteiger charge is -2.16. The van der Waals surface area contributed by atoms with Gasteiger partial charge in [0.1, 0.15) is 6.61 Å². The molecule has 22 heavy (non-hydrogen) atoms. The van der Waals surface area contributed by atoms with E-state index in [1.807, 2.05) is 30.3 Å². The van der Waals surface area contributed by atoms with Crippen molar-refractivity contribution in [3.63, 3.8) is 0 Å². The minimum absolute atomic E-state index is 0.115. The van der Waals surface area contributed by atoms with Gasteiger partial charge >= 0.3 is 12.1 Å². The van der Waals surface area contributed by atoms with Crippen molar-refractivity contribution in [2.75, 3.05) is 0 Å². The summed E-state index contributed by atoms with van der Waals surface area (Å²) in [6.07, 6.45) is -0.950. The van der Waals surface area contributed by atoms with Gasteiger partial charge in [0.05, 0.1) is 16.8 Å². The van der Waals surface area contributed by atoms with Gasteiger partial charge in [0, 0.05) is 5.56 Å². The molecule has 1 aromatic carbocycles. The van der Waals surface area contributed by atoms with Crippen LogP contribution in [0.4, 0.5) is 4.79 Å². The summed E-state index contributed by atoms with van der Waals surface area (Å²) in [5, 5.41) is 13.2. The fourth-order valence-electron chi connectivity index (χ4n) is 1.87. The second-order valence-electron chi connectivity index (χ2n) is 4.51. The van der Waals surface area contributed by atoms with Crippen molar-refractivity contribution in [2.45, 2.75) is 19.1 Å². The van der Waals surface area contributed by atoms with Crippen LogP contribution in [-0.4, -0.2) is 17.2 Å². The maximum absolute atomic E-state index is 11.8. The molecule has 0 aliphatic heterocycles. The van der Waals surface area contributed by atoms with E-state index in [9.17, 15) is 9.59 Å². The third kappa shape index (κ3) is 4.75. The van der Waals surface area contributed by atoms with Crippen LogP contribution in [0.2, 0.25) is 4.34 Å². The Bertz CT molecular complexity index is 644. The van der Waals surface area contributed by atoms with Crippen LogP contribution in [0, 0.1) is 0 Å². The molecular weight excluding hydrogens is 326 g/mol. The largest absolute Gasteiger partial charge is 0.481 e. The maximum atomic E-state index is 11.8. The molecule has 0 saturated carbocycles. The molecule has 7 heteroatoms. The van der Waals surface area contributed by atoms with E-state index < -0.39 is 18.1 Å². The lowest BCUT2D eigenvalue weighted by molar-refractivity contribution is -0.137. The van der Waals surface area contributed by atoms with E-state index in [0.29, 0.717) is 9.90 Å². The van der Waals surface area contributed by atoms with Crippen LogP contribution in [0.25, 0.3) is 0 Å². The van der Waals surface area contributed by atoms with Crippen molar-refractivity contribution in [3.05, 3.63) is 57.2 Å². The Hall–Kier alpha value is -2.05. The summed E-state index contributed by atoms with van der Waals surface area (Å²) in [5.74, 6) is -1.03. The predicted molar refractivity (Wildman–Crippen MR) is 84.1 cm³/mol. The summed E-state index contributed by atoms with van der Waals surface area (Å²) in [5.41, 5.74) is 1.42. The standard InChI is InChI=1S/C15H14ClNO4S/c16-14-11(6-7-22-14)12(8-13(18)19)17-15(20)21-9-10-4-2-1-3-5-10/h1-7,12H,8-9H2,(H,17,20)(H,18,19)/t12-/m1/s1. The topological polar surface area (TPSA) is 75.6 Å². The van der Waals surface area contributed by atoms with Crippen molar-refractivity contribution in [2.24, 2.45) is 0 Å². The molecule has 2 rings (SSSR count). The van der Waals surface area contributed by atoms with Crippen molar-refractivity contribution in [1.82, 2.24) is 5.32 Å². The fourth-order valence-corrected chi connectivity index (χ4v) is 2.90. The molecule has 2 aromatic rings. The van der Waals surface area contributed by atoms with Gasteiger partial charge in [-0.3, -0.25) is 4.79 Å². The first kappa shape index (κ1) is 16.3. The summed E-state index contributed by atoms with van der Waals surface area (Å²) in [6, 6.07) is 10.2. The number of carboxylic acid groups (broad SMARTS) is 1. The molecule has 0 bridgehead atoms. The third-order valence-electron chi connectivity index (χ3n) is 2.91. The summed E-state index contributed by atoms with van der Waals surface area (Å²) < 4.78 is 5.55. The molecule has 0 aliphatic rings. The Balaban J connectivity index is 1.96. The molecule has 0 radical (unpaired) electrons. The smallest absolute Gasteiger partial charge is 0.407 e. The maximum Gasteiger partial charge on any atom is 0.407 e. The summed E-state index contributed by atoms with van der Waals surface area (Å²) in [7, 11) is 0. The fraction of sp³-hybridized carbons (Fsp3) is 0.200. The van der Waals surface area contributed by atoms with Crippen molar-refractivity contribution in [1.29, 1.82) is 0 Å². The van der Waals surface area contributed by atoms with Crippen LogP contribution in [0.3, 0.4) is 0 Å². The van der Waals surface area contributed by atoms with Gasteiger partial charge in [-0.2, -0.15) is 0 Å². The monoisotopic (exact) mass is 339 g/mol. The first-order chi connectivity index (χ1) is 10.6. The molecule has 1 aromatic heterocycles. The van der Waals surface area contributed by atoms with Crippen molar-refractivity contribution < 1.29 is 19.4 Å². The van der Waals surface area contributed by atoms with E-state index in [1.165, 1.54) is 11.3 Å². The zero-order valence-corrected chi connectivity index (χ0v) is 13.1. The van der Waals surface area contributed by atoms with Crippen LogP contribution >= 0.6 is 22.9 Å². The number of halogens is 1. The third-order valence-corrected chi connectivity index (χ3v) is 4.11. The van der Waals surface area contributed by atoms with E-state index in [-0.39, 0.29) is 13.0 Å². The van der Waals surface area contributed by atoms with E-state index in [1.54, 1.807) is 11.4 Å². The zero-order chi connectivity index (χ0) is 15.9. The predicted octanol–water partition coefficient (Wildman–Crippen LogP) is 3.84. The van der Waals surface area contributed by atoms with E-state index in [4.69, 9.17) is 21.4 Å². The number of hydrogen-bond donors (Lipinski definition) is 2. The van der Waals surface area contributed by atoms with Gasteiger partial charge in [-0.15, -0.1) is 11.3 Å². The molecule has 116 valence electrons. The van der Waals surface area contributed by atoms with Gasteiger partial charge in [-0.25, -0.2) is 4.79 Å². The minimum Gasteiger partial charge on any atom is -0.481 e. The number of ether oxygens (including phenoxy) is 1. The number of aliphatic carboxylic acids is 1. The summed E-state index contributed by atoms with van der Waals surface area (Å²) in [6.45, 7) is 0.115. The van der Waals surface area contributed by atoms with Gasteiger partial charge in [0.2, 0.25) is 0 Å². The number of rotatable bonds is 6. The highest BCUT2D eigenvalue weighted by atomic mass is 35.5. The molecule has 0 aliphatic carbocycles. The van der Waals surface area contributed by atoms with Crippen LogP contribution in [0.5, 0.6) is 0 Å². The molecule has 1 amide bonds. The van der Waals surface area contributed by atoms with Gasteiger partial charge in [0.15, 0.2) is 0 Å². The van der Waals surface area contributed by atoms with E-state index in [2.05, 4.69) is 5.32 Å². The molecule has 5 nitrogen and oxygen atoms in total. The minimum atomic E-state index is -1.03. The van der Waals surface area contributed by atoms with Gasteiger partial charge in [-0.05, 0) is 17.0 Å². The molecule has 0 saturated heterocycles. The van der Waals surface area contributed by atoms with Gasteiger partial charge in [0.25, 0.3) is 0 Å². The Morgan fingerprint density at radius 2 is 2.00 bits per heavy atom. The Kier molecular flexibility index (Phi) is 5.80. The molecule has 0 spiro atoms. The molecule has 2 N–H and O–H groups in total. The molecule has 1 atom stereocenters. The SMILES string of the molecule is O=C(O)C[C@@H](NC(=O)OCc1ccccc1)c1ccsc1Cl. The van der Waals surface area contributed by atoms with Gasteiger partial charge in [-0.1, -0.05) is 41.9 Å². The molecule has 0 unspecified atom stereocenters. The van der Waals surface area contributed by atoms with Crippen LogP contribution in [0.1, 0.15) is 23.6 Å². The lowest BCUT2D eigenvalue weighted by Crippen LogP contribution is -2.30. The number of benzene rings is 1. The Morgan fingerprint density at radius 1 is 1.27 bits per heavy atom. The number of carbonyl (C=O) groups excluding carboxylic acids is 1. The van der Waals surface area contributed by atoms with E-state index in [0.717, 1.165) is 5.56 Å². The average molecular weight is 340 g/mol. The number of carbonyl (C=O) groups is 2. The Morgan fingerprint density at radius 3 is 2.59 bits per heavy atom. The van der Waals surface area contributed by atoms with Crippen molar-refractivity contribution >= 4 is 35.0 Å². The highest BCUT2D eigenvalue weighted by Crippen LogP contribution is 2.30. The van der Waals surface area contributed by atoms with E-state index >= 15 is 0 Å². The first-order valence-corrected chi connectivity index (χ1v) is 7.74. The quantitative estimate of drug-likeness (QED) is 0.838. The van der Waals surface area contributed by atoms with Crippen LogP contribution in [-0.2, 0) is 16.1 Å². The summed E-state index contributed by atoms with van der Waals surface area (Å²) >= 11 is 7.29. The lowest BCUT2D eigenvalue weighted by atomic mass is 10.1. The highest BCUT2D eigenvalue weighted by molar-refractivity contribution is 7.14. The second-order valence-corrected chi connectivity index (χ2v) is 6.02. The summed E-state index contributed by atoms with van der Waals surface area (Å²) in [4.78, 5) is 22.8. The normalized spacial score (nSPS) is 11.7. The van der Waals surface area contributed by atoms with Crippen LogP contribution < -0.4 is 5.32 Å². The second kappa shape index (κ2) is 7.82. The number of carboxylic acids is 1. The highest BCUT2D eigenvalue weighted by Gasteiger charge is 2.21. The molecule has 0 fully saturated rings.